The fourth-order valence-corrected chi connectivity index (χ4v) is 15.7. The van der Waals surface area contributed by atoms with Gasteiger partial charge in [0, 0.05) is 10.8 Å². The number of hydrogen-bond donors (Lipinski definition) is 16. The highest BCUT2D eigenvalue weighted by Crippen LogP contribution is 2.75. The van der Waals surface area contributed by atoms with Gasteiger partial charge in [-0.15, -0.1) is 0 Å². The normalized spacial score (nSPS) is 51.4. The predicted molar refractivity (Wildman–Crippen MR) is 268 cm³/mol. The molecule has 30 atom stereocenters. The monoisotopic (exact) mass is 1120 g/mol. The highest BCUT2D eigenvalue weighted by atomic mass is 16.8. The second kappa shape index (κ2) is 23.7. The summed E-state index contributed by atoms with van der Waals surface area (Å²) in [6.45, 7) is 13.4. The van der Waals surface area contributed by atoms with E-state index in [4.69, 9.17) is 37.9 Å². The van der Waals surface area contributed by atoms with Crippen LogP contribution < -0.4 is 0 Å². The van der Waals surface area contributed by atoms with Gasteiger partial charge in [0.25, 0.3) is 0 Å². The Balaban J connectivity index is 0.942. The summed E-state index contributed by atoms with van der Waals surface area (Å²) in [6.07, 6.45) is -27.1. The van der Waals surface area contributed by atoms with Crippen molar-refractivity contribution in [2.75, 3.05) is 26.4 Å². The predicted octanol–water partition coefficient (Wildman–Crippen LogP) is -3.23. The molecule has 0 spiro atoms. The Morgan fingerprint density at radius 2 is 1.04 bits per heavy atom. The summed E-state index contributed by atoms with van der Waals surface area (Å²) in [5, 5.41) is 172. The maximum absolute atomic E-state index is 12.7. The van der Waals surface area contributed by atoms with Crippen molar-refractivity contribution < 1.29 is 120 Å². The molecule has 78 heavy (non-hydrogen) atoms. The van der Waals surface area contributed by atoms with E-state index in [1.54, 1.807) is 13.8 Å². The van der Waals surface area contributed by atoms with Crippen LogP contribution in [0.5, 0.6) is 0 Å². The first-order valence-corrected chi connectivity index (χ1v) is 28.0. The van der Waals surface area contributed by atoms with Crippen molar-refractivity contribution in [3.8, 4) is 0 Å². The molecule has 16 N–H and O–H groups in total. The Morgan fingerprint density at radius 3 is 1.58 bits per heavy atom. The quantitative estimate of drug-likeness (QED) is 0.0637. The SMILES string of the molecule is C[C@H](CC[C@@H](O[C@@H]1O[C@H](CO)[C@@H](O)[C@H](O)[C@H]1O[C@H]1O[C@@H](CO)[C@H](O)[C@@H](O)[C@@H]1O)C(C)(C)O)C1CC[C@@]2(C)C3CC=C4C(CC[C@H](O[C@@H]5O[C@H](CO)[C@@H](O[C@H]6O[C@H](CO)[C@@H](O)[C@H](O)[C@H]6O)[C@H](O)[C@H]5O)C4(C)C)[C@]3(C)[C@H](O)C[C@]12C. The first kappa shape index (κ1) is 62.8. The van der Waals surface area contributed by atoms with Crippen LogP contribution in [0.3, 0.4) is 0 Å². The lowest BCUT2D eigenvalue weighted by atomic mass is 9.38. The Kier molecular flexibility index (Phi) is 19.1. The van der Waals surface area contributed by atoms with Crippen LogP contribution in [-0.4, -0.2) is 255 Å². The standard InChI is InChI=1S/C54H92O24/c1-22(9-13-33(51(4,5)70)76-49-45(39(65)36(62)28(20-57)73-49)78-48-42(68)38(64)35(61)27(19-56)72-48)23-15-16-52(6)30-12-10-24-25(54(30,8)31(59)17-53(23,52)7)11-14-32(50(24,2)3)75-46-43(69)40(66)44(29(21-58)74-46)77-47-41(67)37(63)34(60)26(18-55)71-47/h10,22-23,25-49,55-70H,9,11-21H2,1-8H3/t22-,23?,25?,26-,27+,28-,29-,30?,31-,32+,33-,34-,35+,36-,37+,38-,39+,40-,41-,42+,43-,44-,45-,46+,47-,48-,49+,52+,53-,54+/m1/s1. The second-order valence-electron chi connectivity index (χ2n) is 25.8. The molecule has 3 saturated carbocycles. The first-order chi connectivity index (χ1) is 36.5. The van der Waals surface area contributed by atoms with Gasteiger partial charge in [0.2, 0.25) is 0 Å². The molecule has 0 bridgehead atoms. The third kappa shape index (κ3) is 10.8. The van der Waals surface area contributed by atoms with Gasteiger partial charge >= 0.3 is 0 Å². The van der Waals surface area contributed by atoms with Crippen molar-refractivity contribution in [2.45, 2.75) is 253 Å². The number of hydrogen-bond acceptors (Lipinski definition) is 24. The van der Waals surface area contributed by atoms with Crippen molar-refractivity contribution >= 4 is 0 Å². The van der Waals surface area contributed by atoms with Crippen LogP contribution in [0.15, 0.2) is 11.6 Å². The number of aliphatic hydroxyl groups is 16. The van der Waals surface area contributed by atoms with E-state index in [0.29, 0.717) is 32.1 Å². The molecule has 0 aromatic rings. The van der Waals surface area contributed by atoms with Crippen LogP contribution in [0, 0.1) is 45.3 Å². The Labute approximate surface area is 455 Å². The van der Waals surface area contributed by atoms with Gasteiger partial charge in [-0.1, -0.05) is 53.2 Å². The molecular formula is C54H92O24. The fourth-order valence-electron chi connectivity index (χ4n) is 15.7. The van der Waals surface area contributed by atoms with E-state index in [0.717, 1.165) is 18.4 Å². The second-order valence-corrected chi connectivity index (χ2v) is 25.8. The summed E-state index contributed by atoms with van der Waals surface area (Å²) in [4.78, 5) is 0. The third-order valence-corrected chi connectivity index (χ3v) is 20.8. The Bertz CT molecular complexity index is 2020. The smallest absolute Gasteiger partial charge is 0.187 e. The summed E-state index contributed by atoms with van der Waals surface area (Å²) in [7, 11) is 0. The van der Waals surface area contributed by atoms with Crippen LogP contribution >= 0.6 is 0 Å². The summed E-state index contributed by atoms with van der Waals surface area (Å²) in [5.41, 5.74) is -2.12. The third-order valence-electron chi connectivity index (χ3n) is 20.8. The first-order valence-electron chi connectivity index (χ1n) is 28.0. The molecule has 4 heterocycles. The molecule has 24 nitrogen and oxygen atoms in total. The minimum absolute atomic E-state index is 0.0338. The van der Waals surface area contributed by atoms with E-state index in [1.807, 2.05) is 0 Å². The van der Waals surface area contributed by atoms with Crippen molar-refractivity contribution in [3.63, 3.8) is 0 Å². The van der Waals surface area contributed by atoms with E-state index < -0.39 is 184 Å². The molecule has 0 amide bonds. The topological polar surface area (TPSA) is 398 Å². The summed E-state index contributed by atoms with van der Waals surface area (Å²) >= 11 is 0. The van der Waals surface area contributed by atoms with Crippen LogP contribution in [-0.2, 0) is 37.9 Å². The zero-order valence-corrected chi connectivity index (χ0v) is 46.1. The Morgan fingerprint density at radius 1 is 0.564 bits per heavy atom. The minimum Gasteiger partial charge on any atom is -0.394 e. The molecule has 0 aromatic carbocycles. The van der Waals surface area contributed by atoms with Gasteiger partial charge in [0.15, 0.2) is 25.2 Å². The molecule has 8 rings (SSSR count). The molecule has 452 valence electrons. The molecule has 4 saturated heterocycles. The van der Waals surface area contributed by atoms with Crippen LogP contribution in [0.2, 0.25) is 0 Å². The highest BCUT2D eigenvalue weighted by Gasteiger charge is 2.70. The van der Waals surface area contributed by atoms with Gasteiger partial charge < -0.3 is 120 Å². The number of rotatable bonds is 17. The van der Waals surface area contributed by atoms with Crippen molar-refractivity contribution in [2.24, 2.45) is 45.3 Å². The number of ether oxygens (including phenoxy) is 8. The molecule has 4 aliphatic carbocycles. The highest BCUT2D eigenvalue weighted by molar-refractivity contribution is 5.32. The van der Waals surface area contributed by atoms with E-state index in [1.165, 1.54) is 0 Å². The zero-order valence-electron chi connectivity index (χ0n) is 46.1. The van der Waals surface area contributed by atoms with Crippen molar-refractivity contribution in [1.82, 2.24) is 0 Å². The largest absolute Gasteiger partial charge is 0.394 e. The molecule has 3 unspecified atom stereocenters. The van der Waals surface area contributed by atoms with Gasteiger partial charge in [-0.05, 0) is 99.7 Å². The van der Waals surface area contributed by atoms with Gasteiger partial charge in [-0.2, -0.15) is 0 Å². The molecule has 7 fully saturated rings. The molecule has 4 aliphatic heterocycles. The molecule has 8 aliphatic rings. The van der Waals surface area contributed by atoms with Crippen molar-refractivity contribution in [1.29, 1.82) is 0 Å². The number of fused-ring (bicyclic) bond motifs is 5. The minimum atomic E-state index is -1.85. The van der Waals surface area contributed by atoms with Gasteiger partial charge in [-0.25, -0.2) is 0 Å². The van der Waals surface area contributed by atoms with Crippen LogP contribution in [0.4, 0.5) is 0 Å². The lowest BCUT2D eigenvalue weighted by molar-refractivity contribution is -0.375. The average Bonchev–Trinajstić information content (AvgIpc) is 3.07. The van der Waals surface area contributed by atoms with E-state index in [9.17, 15) is 81.7 Å². The van der Waals surface area contributed by atoms with E-state index >= 15 is 0 Å². The molecular weight excluding hydrogens is 1030 g/mol. The van der Waals surface area contributed by atoms with Gasteiger partial charge in [0.1, 0.15) is 97.7 Å². The molecule has 24 heteroatoms. The number of aliphatic hydroxyl groups excluding tert-OH is 15. The number of allylic oxidation sites excluding steroid dienone is 1. The summed E-state index contributed by atoms with van der Waals surface area (Å²) in [5.74, 6) is 0.236. The Hall–Kier alpha value is -1.22. The van der Waals surface area contributed by atoms with Gasteiger partial charge in [0.05, 0.1) is 50.3 Å². The summed E-state index contributed by atoms with van der Waals surface area (Å²) in [6, 6.07) is 0. The van der Waals surface area contributed by atoms with Gasteiger partial charge in [-0.3, -0.25) is 0 Å². The van der Waals surface area contributed by atoms with Crippen molar-refractivity contribution in [3.05, 3.63) is 11.6 Å². The molecule has 0 radical (unpaired) electrons. The maximum atomic E-state index is 12.7. The lowest BCUT2D eigenvalue weighted by Gasteiger charge is -2.67. The lowest BCUT2D eigenvalue weighted by Crippen LogP contribution is -2.66. The maximum Gasteiger partial charge on any atom is 0.187 e. The van der Waals surface area contributed by atoms with Crippen LogP contribution in [0.1, 0.15) is 107 Å². The molecule has 0 aromatic heterocycles. The summed E-state index contributed by atoms with van der Waals surface area (Å²) < 4.78 is 47.6. The zero-order chi connectivity index (χ0) is 57.5. The van der Waals surface area contributed by atoms with E-state index in [2.05, 4.69) is 47.6 Å². The van der Waals surface area contributed by atoms with E-state index in [-0.39, 0.29) is 40.9 Å². The average molecular weight is 1130 g/mol. The van der Waals surface area contributed by atoms with Crippen LogP contribution in [0.25, 0.3) is 0 Å². The fraction of sp³-hybridized carbons (Fsp3) is 0.963.